The van der Waals surface area contributed by atoms with Crippen LogP contribution in [0.2, 0.25) is 0 Å². The van der Waals surface area contributed by atoms with Crippen molar-refractivity contribution in [2.45, 2.75) is 18.4 Å². The first-order valence-corrected chi connectivity index (χ1v) is 13.1. The Kier molecular flexibility index (Phi) is 7.20. The van der Waals surface area contributed by atoms with Gasteiger partial charge in [0, 0.05) is 17.7 Å². The molecule has 3 aromatic carbocycles. The largest absolute Gasteiger partial charge is 0.491 e. The lowest BCUT2D eigenvalue weighted by molar-refractivity contribution is 0.219. The van der Waals surface area contributed by atoms with E-state index in [9.17, 15) is 13.2 Å². The fourth-order valence-corrected chi connectivity index (χ4v) is 4.51. The average Bonchev–Trinajstić information content (AvgIpc) is 3.36. The van der Waals surface area contributed by atoms with Crippen LogP contribution in [-0.2, 0) is 20.9 Å². The highest BCUT2D eigenvalue weighted by Gasteiger charge is 2.15. The van der Waals surface area contributed by atoms with Gasteiger partial charge in [-0.25, -0.2) is 4.98 Å². The quantitative estimate of drug-likeness (QED) is 0.213. The molecule has 0 spiro atoms. The van der Waals surface area contributed by atoms with E-state index in [2.05, 4.69) is 15.1 Å². The van der Waals surface area contributed by atoms with E-state index < -0.39 is 10.1 Å². The maximum absolute atomic E-state index is 12.6. The zero-order chi connectivity index (χ0) is 26.5. The number of H-pyrrole nitrogens is 1. The molecule has 0 bridgehead atoms. The summed E-state index contributed by atoms with van der Waals surface area (Å²) >= 11 is 0. The number of aromatic nitrogens is 4. The molecule has 0 aliphatic rings. The molecular formula is C27H24N4O6S. The van der Waals surface area contributed by atoms with Gasteiger partial charge in [0.2, 0.25) is 0 Å². The van der Waals surface area contributed by atoms with Crippen molar-refractivity contribution in [2.75, 3.05) is 13.2 Å². The first-order valence-electron chi connectivity index (χ1n) is 11.7. The molecule has 38 heavy (non-hydrogen) atoms. The standard InChI is InChI=1S/C27H24N4O6S/c1-19-10-12-24(13-11-19)38(33,34)37-15-14-35-22-8-5-9-23(17-22)36-18-21-16-25(32)31-27(28-21)29-26(30-31)20-6-3-2-4-7-20/h2-13,16-17H,14-15,18H2,1H3,(H,28,29,30). The minimum absolute atomic E-state index is 0.0203. The van der Waals surface area contributed by atoms with Gasteiger partial charge in [0.1, 0.15) is 31.3 Å². The molecule has 0 amide bonds. The number of benzene rings is 3. The fourth-order valence-electron chi connectivity index (χ4n) is 3.61. The molecule has 2 heterocycles. The van der Waals surface area contributed by atoms with Crippen molar-refractivity contribution in [1.29, 1.82) is 0 Å². The van der Waals surface area contributed by atoms with E-state index in [1.165, 1.54) is 22.7 Å². The molecule has 5 rings (SSSR count). The van der Waals surface area contributed by atoms with Crippen LogP contribution in [0.3, 0.4) is 0 Å². The van der Waals surface area contributed by atoms with Crippen molar-refractivity contribution in [3.05, 3.63) is 107 Å². The van der Waals surface area contributed by atoms with Crippen LogP contribution in [0, 0.1) is 6.92 Å². The molecule has 0 saturated heterocycles. The van der Waals surface area contributed by atoms with E-state index in [1.54, 1.807) is 36.4 Å². The Morgan fingerprint density at radius 1 is 0.842 bits per heavy atom. The summed E-state index contributed by atoms with van der Waals surface area (Å²) in [5, 5.41) is 2.96. The van der Waals surface area contributed by atoms with Gasteiger partial charge in [0.25, 0.3) is 21.5 Å². The predicted molar refractivity (Wildman–Crippen MR) is 140 cm³/mol. The van der Waals surface area contributed by atoms with Crippen LogP contribution < -0.4 is 15.0 Å². The number of nitrogens with one attached hydrogen (secondary N) is 1. The molecule has 10 nitrogen and oxygen atoms in total. The number of aryl methyl sites for hydroxylation is 1. The normalized spacial score (nSPS) is 11.5. The molecule has 5 aromatic rings. The summed E-state index contributed by atoms with van der Waals surface area (Å²) in [6, 6.07) is 24.1. The number of ether oxygens (including phenoxy) is 2. The zero-order valence-corrected chi connectivity index (χ0v) is 21.2. The highest BCUT2D eigenvalue weighted by molar-refractivity contribution is 7.86. The lowest BCUT2D eigenvalue weighted by Crippen LogP contribution is -2.16. The molecule has 194 valence electrons. The summed E-state index contributed by atoms with van der Waals surface area (Å²) in [6.07, 6.45) is 0. The number of aromatic amines is 1. The van der Waals surface area contributed by atoms with Crippen molar-refractivity contribution in [2.24, 2.45) is 0 Å². The molecule has 0 aliphatic carbocycles. The average molecular weight is 533 g/mol. The molecular weight excluding hydrogens is 508 g/mol. The Hall–Kier alpha value is -4.48. The van der Waals surface area contributed by atoms with Gasteiger partial charge in [0.15, 0.2) is 5.82 Å². The van der Waals surface area contributed by atoms with Gasteiger partial charge < -0.3 is 9.47 Å². The van der Waals surface area contributed by atoms with Gasteiger partial charge in [-0.15, -0.1) is 0 Å². The molecule has 0 unspecified atom stereocenters. The summed E-state index contributed by atoms with van der Waals surface area (Å²) in [7, 11) is -3.86. The molecule has 0 atom stereocenters. The molecule has 0 saturated carbocycles. The fraction of sp³-hybridized carbons (Fsp3) is 0.148. The third kappa shape index (κ3) is 5.90. The van der Waals surface area contributed by atoms with Crippen molar-refractivity contribution < 1.29 is 22.1 Å². The summed E-state index contributed by atoms with van der Waals surface area (Å²) in [5.41, 5.74) is 1.91. The SMILES string of the molecule is Cc1ccc(S(=O)(=O)OCCOc2cccc(OCc3cc(=O)n4[nH]c(-c5ccccc5)nc4n3)c2)cc1. The number of hydrogen-bond acceptors (Lipinski definition) is 8. The van der Waals surface area contributed by atoms with Gasteiger partial charge in [-0.3, -0.25) is 14.1 Å². The molecule has 1 N–H and O–H groups in total. The lowest BCUT2D eigenvalue weighted by atomic mass is 10.2. The van der Waals surface area contributed by atoms with Gasteiger partial charge in [-0.05, 0) is 31.2 Å². The van der Waals surface area contributed by atoms with E-state index in [-0.39, 0.29) is 36.1 Å². The number of hydrogen-bond donors (Lipinski definition) is 1. The van der Waals surface area contributed by atoms with Crippen molar-refractivity contribution in [3.8, 4) is 22.9 Å². The van der Waals surface area contributed by atoms with E-state index in [0.717, 1.165) is 11.1 Å². The van der Waals surface area contributed by atoms with Gasteiger partial charge in [-0.2, -0.15) is 17.9 Å². The summed E-state index contributed by atoms with van der Waals surface area (Å²) in [4.78, 5) is 21.5. The van der Waals surface area contributed by atoms with E-state index in [1.807, 2.05) is 37.3 Å². The van der Waals surface area contributed by atoms with Crippen LogP contribution >= 0.6 is 0 Å². The molecule has 0 aliphatic heterocycles. The Bertz CT molecular complexity index is 1710. The number of fused-ring (bicyclic) bond motifs is 1. The molecule has 2 aromatic heterocycles. The zero-order valence-electron chi connectivity index (χ0n) is 20.4. The third-order valence-electron chi connectivity index (χ3n) is 5.52. The molecule has 0 fully saturated rings. The maximum Gasteiger partial charge on any atom is 0.297 e. The second kappa shape index (κ2) is 10.9. The Morgan fingerprint density at radius 2 is 1.58 bits per heavy atom. The van der Waals surface area contributed by atoms with E-state index >= 15 is 0 Å². The van der Waals surface area contributed by atoms with Gasteiger partial charge in [-0.1, -0.05) is 54.1 Å². The minimum Gasteiger partial charge on any atom is -0.491 e. The smallest absolute Gasteiger partial charge is 0.297 e. The summed E-state index contributed by atoms with van der Waals surface area (Å²) in [5.74, 6) is 1.74. The monoisotopic (exact) mass is 532 g/mol. The highest BCUT2D eigenvalue weighted by atomic mass is 32.2. The van der Waals surface area contributed by atoms with Crippen molar-refractivity contribution in [1.82, 2.24) is 19.6 Å². The summed E-state index contributed by atoms with van der Waals surface area (Å²) < 4.78 is 42.3. The van der Waals surface area contributed by atoms with E-state index in [0.29, 0.717) is 23.0 Å². The predicted octanol–water partition coefficient (Wildman–Crippen LogP) is 3.76. The molecule has 11 heteroatoms. The van der Waals surface area contributed by atoms with Gasteiger partial charge >= 0.3 is 0 Å². The first kappa shape index (κ1) is 25.2. The van der Waals surface area contributed by atoms with Crippen LogP contribution in [-0.4, -0.2) is 41.2 Å². The Labute approximate surface area is 218 Å². The molecule has 0 radical (unpaired) electrons. The minimum atomic E-state index is -3.86. The van der Waals surface area contributed by atoms with Crippen LogP contribution in [0.5, 0.6) is 11.5 Å². The third-order valence-corrected chi connectivity index (χ3v) is 6.85. The number of nitrogens with zero attached hydrogens (tertiary/aromatic N) is 3. The van der Waals surface area contributed by atoms with Crippen molar-refractivity contribution >= 4 is 15.9 Å². The Morgan fingerprint density at radius 3 is 2.34 bits per heavy atom. The van der Waals surface area contributed by atoms with Crippen molar-refractivity contribution in [3.63, 3.8) is 0 Å². The first-order chi connectivity index (χ1) is 18.4. The van der Waals surface area contributed by atoms with Crippen LogP contribution in [0.1, 0.15) is 11.3 Å². The lowest BCUT2D eigenvalue weighted by Gasteiger charge is -2.10. The van der Waals surface area contributed by atoms with Crippen LogP contribution in [0.15, 0.2) is 94.6 Å². The topological polar surface area (TPSA) is 125 Å². The summed E-state index contributed by atoms with van der Waals surface area (Å²) in [6.45, 7) is 1.79. The highest BCUT2D eigenvalue weighted by Crippen LogP contribution is 2.21. The van der Waals surface area contributed by atoms with Crippen LogP contribution in [0.25, 0.3) is 17.2 Å². The van der Waals surface area contributed by atoms with Crippen LogP contribution in [0.4, 0.5) is 0 Å². The second-order valence-electron chi connectivity index (χ2n) is 8.36. The van der Waals surface area contributed by atoms with E-state index in [4.69, 9.17) is 13.7 Å². The maximum atomic E-state index is 12.6. The second-order valence-corrected chi connectivity index (χ2v) is 9.98. The number of rotatable bonds is 10. The van der Waals surface area contributed by atoms with Gasteiger partial charge in [0.05, 0.1) is 10.6 Å². The Balaban J connectivity index is 1.18.